The fourth-order valence-electron chi connectivity index (χ4n) is 2.57. The molecule has 23 heavy (non-hydrogen) atoms. The average molecular weight is 394 g/mol. The summed E-state index contributed by atoms with van der Waals surface area (Å²) < 4.78 is 0.895. The molecule has 1 heterocycles. The highest BCUT2D eigenvalue weighted by atomic mass is 79.9. The van der Waals surface area contributed by atoms with E-state index >= 15 is 0 Å². The topological polar surface area (TPSA) is 49.4 Å². The van der Waals surface area contributed by atoms with Crippen LogP contribution in [0, 0.1) is 5.92 Å². The van der Waals surface area contributed by atoms with Crippen molar-refractivity contribution >= 4 is 50.7 Å². The fraction of sp³-hybridized carbons (Fsp3) is 0.176. The monoisotopic (exact) mass is 392 g/mol. The summed E-state index contributed by atoms with van der Waals surface area (Å²) in [5.41, 5.74) is 1.35. The van der Waals surface area contributed by atoms with Gasteiger partial charge in [-0.3, -0.25) is 9.59 Å². The number of halogens is 2. The highest BCUT2D eigenvalue weighted by molar-refractivity contribution is 9.10. The first kappa shape index (κ1) is 16.0. The van der Waals surface area contributed by atoms with Crippen molar-refractivity contribution in [3.05, 3.63) is 58.0 Å². The van der Waals surface area contributed by atoms with Crippen LogP contribution in [0.4, 0.5) is 11.4 Å². The van der Waals surface area contributed by atoms with Gasteiger partial charge in [-0.2, -0.15) is 0 Å². The van der Waals surface area contributed by atoms with Crippen LogP contribution in [0.3, 0.4) is 0 Å². The van der Waals surface area contributed by atoms with Crippen LogP contribution in [0.2, 0.25) is 5.02 Å². The van der Waals surface area contributed by atoms with Crippen molar-refractivity contribution in [2.75, 3.05) is 16.8 Å². The molecule has 0 aliphatic carbocycles. The van der Waals surface area contributed by atoms with Crippen LogP contribution < -0.4 is 10.2 Å². The molecular formula is C17H14BrClN2O2. The van der Waals surface area contributed by atoms with Crippen molar-refractivity contribution in [3.8, 4) is 0 Å². The number of amides is 2. The maximum absolute atomic E-state index is 12.4. The minimum Gasteiger partial charge on any atom is -0.324 e. The summed E-state index contributed by atoms with van der Waals surface area (Å²) in [5.74, 6) is -0.635. The summed E-state index contributed by atoms with van der Waals surface area (Å²) in [6.45, 7) is 0.367. The number of carbonyl (C=O) groups excluding carboxylic acids is 2. The van der Waals surface area contributed by atoms with Gasteiger partial charge in [-0.25, -0.2) is 0 Å². The number of carbonyl (C=O) groups is 2. The third-order valence-corrected chi connectivity index (χ3v) is 4.57. The van der Waals surface area contributed by atoms with E-state index in [2.05, 4.69) is 21.2 Å². The van der Waals surface area contributed by atoms with Gasteiger partial charge >= 0.3 is 0 Å². The number of anilines is 2. The first-order chi connectivity index (χ1) is 11.0. The number of benzene rings is 2. The molecule has 2 amide bonds. The summed E-state index contributed by atoms with van der Waals surface area (Å²) in [4.78, 5) is 26.3. The third kappa shape index (κ3) is 3.57. The molecule has 2 aromatic rings. The highest BCUT2D eigenvalue weighted by Crippen LogP contribution is 2.29. The summed E-state index contributed by atoms with van der Waals surface area (Å²) >= 11 is 9.44. The maximum atomic E-state index is 12.4. The summed E-state index contributed by atoms with van der Waals surface area (Å²) in [7, 11) is 0. The molecule has 0 aromatic heterocycles. The maximum Gasteiger partial charge on any atom is 0.229 e. The van der Waals surface area contributed by atoms with Gasteiger partial charge < -0.3 is 10.2 Å². The van der Waals surface area contributed by atoms with Crippen LogP contribution in [0.15, 0.2) is 53.0 Å². The minimum atomic E-state index is -0.391. The molecule has 1 saturated heterocycles. The molecular weight excluding hydrogens is 380 g/mol. The van der Waals surface area contributed by atoms with Crippen molar-refractivity contribution in [1.82, 2.24) is 0 Å². The molecule has 3 rings (SSSR count). The summed E-state index contributed by atoms with van der Waals surface area (Å²) in [5, 5.41) is 3.28. The van der Waals surface area contributed by atoms with E-state index in [-0.39, 0.29) is 18.2 Å². The minimum absolute atomic E-state index is 0.0533. The molecule has 1 fully saturated rings. The molecule has 0 radical (unpaired) electrons. The second kappa shape index (κ2) is 6.72. The van der Waals surface area contributed by atoms with Gasteiger partial charge in [0.05, 0.1) is 16.6 Å². The van der Waals surface area contributed by atoms with Gasteiger partial charge in [0.1, 0.15) is 0 Å². The van der Waals surface area contributed by atoms with Crippen LogP contribution in [0.25, 0.3) is 0 Å². The molecule has 1 atom stereocenters. The fourth-order valence-corrected chi connectivity index (χ4v) is 3.14. The van der Waals surface area contributed by atoms with Crippen molar-refractivity contribution in [2.45, 2.75) is 6.42 Å². The van der Waals surface area contributed by atoms with Gasteiger partial charge in [-0.05, 0) is 30.3 Å². The molecule has 118 valence electrons. The second-order valence-electron chi connectivity index (χ2n) is 5.35. The molecule has 0 bridgehead atoms. The molecule has 1 aliphatic rings. The Balaban J connectivity index is 1.72. The lowest BCUT2D eigenvalue weighted by Crippen LogP contribution is -2.28. The lowest BCUT2D eigenvalue weighted by atomic mass is 10.1. The lowest BCUT2D eigenvalue weighted by molar-refractivity contribution is -0.122. The van der Waals surface area contributed by atoms with Gasteiger partial charge in [-0.15, -0.1) is 0 Å². The van der Waals surface area contributed by atoms with Crippen LogP contribution in [0.5, 0.6) is 0 Å². The van der Waals surface area contributed by atoms with E-state index in [1.165, 1.54) is 0 Å². The average Bonchev–Trinajstić information content (AvgIpc) is 2.92. The van der Waals surface area contributed by atoms with Gasteiger partial charge in [0.2, 0.25) is 11.8 Å². The Bertz CT molecular complexity index is 766. The Hall–Kier alpha value is -1.85. The first-order valence-corrected chi connectivity index (χ1v) is 8.33. The molecule has 1 unspecified atom stereocenters. The van der Waals surface area contributed by atoms with Crippen LogP contribution in [-0.4, -0.2) is 18.4 Å². The zero-order valence-corrected chi connectivity index (χ0v) is 14.5. The highest BCUT2D eigenvalue weighted by Gasteiger charge is 2.35. The van der Waals surface area contributed by atoms with Crippen molar-refractivity contribution in [1.29, 1.82) is 0 Å². The number of nitrogens with zero attached hydrogens (tertiary/aromatic N) is 1. The Morgan fingerprint density at radius 1 is 1.22 bits per heavy atom. The number of hydrogen-bond donors (Lipinski definition) is 1. The molecule has 1 aliphatic heterocycles. The van der Waals surface area contributed by atoms with Crippen LogP contribution in [0.1, 0.15) is 6.42 Å². The van der Waals surface area contributed by atoms with Crippen molar-refractivity contribution in [2.24, 2.45) is 5.92 Å². The third-order valence-electron chi connectivity index (χ3n) is 3.75. The van der Waals surface area contributed by atoms with Gasteiger partial charge in [0, 0.05) is 23.1 Å². The Morgan fingerprint density at radius 2 is 2.00 bits per heavy atom. The molecule has 4 nitrogen and oxygen atoms in total. The first-order valence-electron chi connectivity index (χ1n) is 7.16. The molecule has 2 aromatic carbocycles. The van der Waals surface area contributed by atoms with E-state index < -0.39 is 5.92 Å². The lowest BCUT2D eigenvalue weighted by Gasteiger charge is -2.17. The van der Waals surface area contributed by atoms with E-state index in [1.807, 2.05) is 24.3 Å². The van der Waals surface area contributed by atoms with E-state index in [0.29, 0.717) is 17.3 Å². The normalized spacial score (nSPS) is 17.4. The Morgan fingerprint density at radius 3 is 2.74 bits per heavy atom. The van der Waals surface area contributed by atoms with Crippen LogP contribution in [-0.2, 0) is 9.59 Å². The van der Waals surface area contributed by atoms with E-state index in [9.17, 15) is 9.59 Å². The Labute approximate surface area is 147 Å². The number of nitrogens with one attached hydrogen (secondary N) is 1. The standard InChI is InChI=1S/C17H14BrClN2O2/c18-12-4-3-5-13(9-12)21-10-11(8-16(21)22)17(23)20-15-7-2-1-6-14(15)19/h1-7,9,11H,8,10H2,(H,20,23). The Kier molecular flexibility index (Phi) is 4.68. The van der Waals surface area contributed by atoms with Gasteiger partial charge in [0.15, 0.2) is 0 Å². The number of para-hydroxylation sites is 1. The predicted molar refractivity (Wildman–Crippen MR) is 94.7 cm³/mol. The summed E-state index contributed by atoms with van der Waals surface area (Å²) in [6.07, 6.45) is 0.197. The van der Waals surface area contributed by atoms with Gasteiger partial charge in [-0.1, -0.05) is 45.7 Å². The summed E-state index contributed by atoms with van der Waals surface area (Å²) in [6, 6.07) is 14.5. The second-order valence-corrected chi connectivity index (χ2v) is 6.68. The SMILES string of the molecule is O=C(Nc1ccccc1Cl)C1CC(=O)N(c2cccc(Br)c2)C1. The van der Waals surface area contributed by atoms with Gasteiger partial charge in [0.25, 0.3) is 0 Å². The van der Waals surface area contributed by atoms with Crippen molar-refractivity contribution < 1.29 is 9.59 Å². The quantitative estimate of drug-likeness (QED) is 0.854. The molecule has 6 heteroatoms. The molecule has 0 spiro atoms. The molecule has 0 saturated carbocycles. The zero-order chi connectivity index (χ0) is 16.4. The smallest absolute Gasteiger partial charge is 0.229 e. The van der Waals surface area contributed by atoms with E-state index in [1.54, 1.807) is 29.2 Å². The number of rotatable bonds is 3. The zero-order valence-electron chi connectivity index (χ0n) is 12.1. The van der Waals surface area contributed by atoms with Crippen LogP contribution >= 0.6 is 27.5 Å². The largest absolute Gasteiger partial charge is 0.324 e. The van der Waals surface area contributed by atoms with E-state index in [4.69, 9.17) is 11.6 Å². The predicted octanol–water partition coefficient (Wildman–Crippen LogP) is 4.09. The molecule has 1 N–H and O–H groups in total. The van der Waals surface area contributed by atoms with Crippen molar-refractivity contribution in [3.63, 3.8) is 0 Å². The number of hydrogen-bond acceptors (Lipinski definition) is 2. The van der Waals surface area contributed by atoms with E-state index in [0.717, 1.165) is 10.2 Å².